The fourth-order valence-electron chi connectivity index (χ4n) is 4.20. The molecule has 1 aromatic carbocycles. The highest BCUT2D eigenvalue weighted by Gasteiger charge is 2.45. The number of nitrogens with zero attached hydrogens (tertiary/aromatic N) is 6. The molecule has 13 heteroatoms. The Kier molecular flexibility index (Phi) is 6.06. The van der Waals surface area contributed by atoms with Gasteiger partial charge in [-0.25, -0.2) is 22.1 Å². The predicted molar refractivity (Wildman–Crippen MR) is 122 cm³/mol. The summed E-state index contributed by atoms with van der Waals surface area (Å²) in [6.07, 6.45) is 1.87. The first-order valence-corrected chi connectivity index (χ1v) is 11.1. The van der Waals surface area contributed by atoms with Crippen molar-refractivity contribution in [2.75, 3.05) is 25.0 Å². The van der Waals surface area contributed by atoms with Crippen LogP contribution in [0.25, 0.3) is 27.7 Å². The molecule has 0 saturated carbocycles. The number of hydrogen-bond acceptors (Lipinski definition) is 7. The summed E-state index contributed by atoms with van der Waals surface area (Å²) in [5.41, 5.74) is 2.88. The second-order valence-electron chi connectivity index (χ2n) is 8.41. The Morgan fingerprint density at radius 1 is 1.22 bits per heavy atom. The first-order valence-electron chi connectivity index (χ1n) is 11.1. The van der Waals surface area contributed by atoms with E-state index in [4.69, 9.17) is 4.74 Å². The summed E-state index contributed by atoms with van der Waals surface area (Å²) in [7, 11) is 0. The Labute approximate surface area is 202 Å². The molecular formula is C23H21F4N7O2. The lowest BCUT2D eigenvalue weighted by Gasteiger charge is -2.38. The van der Waals surface area contributed by atoms with Crippen LogP contribution in [-0.2, 0) is 4.79 Å². The summed E-state index contributed by atoms with van der Waals surface area (Å²) in [4.78, 5) is 25.3. The van der Waals surface area contributed by atoms with E-state index in [1.807, 2.05) is 0 Å². The summed E-state index contributed by atoms with van der Waals surface area (Å²) in [5, 5.41) is 6.88. The number of amides is 1. The van der Waals surface area contributed by atoms with Crippen LogP contribution in [0.2, 0.25) is 0 Å². The SMILES string of the molecule is CC(=O)N1CCC(Nc2nc(OCC(F)F)c3c(-c4ccc5nccnc5c4)ccn3n2)C(F)(F)C1. The summed E-state index contributed by atoms with van der Waals surface area (Å²) in [6.45, 7) is -0.306. The monoisotopic (exact) mass is 503 g/mol. The van der Waals surface area contributed by atoms with Gasteiger partial charge in [0.25, 0.3) is 12.3 Å². The molecular weight excluding hydrogens is 482 g/mol. The van der Waals surface area contributed by atoms with Crippen molar-refractivity contribution in [3.05, 3.63) is 42.9 Å². The van der Waals surface area contributed by atoms with Gasteiger partial charge in [0.1, 0.15) is 5.52 Å². The average molecular weight is 503 g/mol. The number of nitrogens with one attached hydrogen (secondary N) is 1. The third-order valence-corrected chi connectivity index (χ3v) is 5.95. The van der Waals surface area contributed by atoms with E-state index in [1.165, 1.54) is 11.4 Å². The minimum Gasteiger partial charge on any atom is -0.470 e. The van der Waals surface area contributed by atoms with E-state index in [2.05, 4.69) is 25.4 Å². The van der Waals surface area contributed by atoms with Crippen LogP contribution in [0.4, 0.5) is 23.5 Å². The number of piperidine rings is 1. The number of halogens is 4. The topological polar surface area (TPSA) is 97.5 Å². The van der Waals surface area contributed by atoms with Crippen LogP contribution in [0.5, 0.6) is 5.88 Å². The second kappa shape index (κ2) is 9.21. The third kappa shape index (κ3) is 4.60. The van der Waals surface area contributed by atoms with Crippen molar-refractivity contribution in [1.29, 1.82) is 0 Å². The molecule has 5 rings (SSSR count). The molecule has 1 fully saturated rings. The summed E-state index contributed by atoms with van der Waals surface area (Å²) in [5.74, 6) is -4.08. The number of rotatable bonds is 6. The maximum Gasteiger partial charge on any atom is 0.285 e. The highest BCUT2D eigenvalue weighted by molar-refractivity contribution is 5.89. The fourth-order valence-corrected chi connectivity index (χ4v) is 4.20. The minimum absolute atomic E-state index is 0.0454. The third-order valence-electron chi connectivity index (χ3n) is 5.95. The normalized spacial score (nSPS) is 17.6. The average Bonchev–Trinajstić information content (AvgIpc) is 3.27. The lowest BCUT2D eigenvalue weighted by Crippen LogP contribution is -2.55. The molecule has 0 aliphatic carbocycles. The molecule has 1 aliphatic rings. The van der Waals surface area contributed by atoms with E-state index >= 15 is 0 Å². The maximum absolute atomic E-state index is 14.7. The molecule has 0 bridgehead atoms. The largest absolute Gasteiger partial charge is 0.470 e. The number of ether oxygens (including phenoxy) is 1. The number of carbonyl (C=O) groups is 1. The molecule has 36 heavy (non-hydrogen) atoms. The van der Waals surface area contributed by atoms with E-state index in [9.17, 15) is 22.4 Å². The van der Waals surface area contributed by atoms with Crippen molar-refractivity contribution in [2.45, 2.75) is 31.7 Å². The summed E-state index contributed by atoms with van der Waals surface area (Å²) < 4.78 is 62.1. The van der Waals surface area contributed by atoms with Crippen molar-refractivity contribution >= 4 is 28.4 Å². The molecule has 1 N–H and O–H groups in total. The Morgan fingerprint density at radius 3 is 2.72 bits per heavy atom. The number of anilines is 1. The van der Waals surface area contributed by atoms with Gasteiger partial charge in [-0.1, -0.05) is 6.07 Å². The number of likely N-dealkylation sites (tertiary alicyclic amines) is 1. The lowest BCUT2D eigenvalue weighted by molar-refractivity contribution is -0.140. The van der Waals surface area contributed by atoms with Gasteiger partial charge >= 0.3 is 0 Å². The number of carbonyl (C=O) groups excluding carboxylic acids is 1. The highest BCUT2D eigenvalue weighted by atomic mass is 19.3. The molecule has 4 aromatic rings. The van der Waals surface area contributed by atoms with Gasteiger partial charge in [-0.05, 0) is 30.2 Å². The molecule has 1 atom stereocenters. The van der Waals surface area contributed by atoms with Gasteiger partial charge in [0, 0.05) is 37.6 Å². The second-order valence-corrected chi connectivity index (χ2v) is 8.41. The molecule has 1 amide bonds. The maximum atomic E-state index is 14.7. The highest BCUT2D eigenvalue weighted by Crippen LogP contribution is 2.34. The van der Waals surface area contributed by atoms with E-state index < -0.39 is 37.4 Å². The molecule has 0 radical (unpaired) electrons. The zero-order valence-electron chi connectivity index (χ0n) is 19.0. The van der Waals surface area contributed by atoms with Crippen LogP contribution in [-0.4, -0.2) is 73.5 Å². The van der Waals surface area contributed by atoms with Crippen molar-refractivity contribution in [3.63, 3.8) is 0 Å². The van der Waals surface area contributed by atoms with Gasteiger partial charge in [0.05, 0.1) is 23.6 Å². The van der Waals surface area contributed by atoms with E-state index in [-0.39, 0.29) is 24.8 Å². The van der Waals surface area contributed by atoms with E-state index in [0.29, 0.717) is 27.7 Å². The standard InChI is InChI=1S/C23H21F4N7O2/c1-13(35)33-8-5-18(23(26,27)12-33)30-22-31-21(36-11-19(24)25)20-15(4-9-34(20)32-22)14-2-3-16-17(10-14)29-7-6-28-16/h2-4,6-7,9-10,18-19H,5,8,11-12H2,1H3,(H,30,32). The van der Waals surface area contributed by atoms with Crippen LogP contribution in [0, 0.1) is 0 Å². The molecule has 3 aromatic heterocycles. The van der Waals surface area contributed by atoms with E-state index in [1.54, 1.807) is 42.9 Å². The number of alkyl halides is 4. The Hall–Kier alpha value is -4.03. The van der Waals surface area contributed by atoms with Gasteiger partial charge in [-0.15, -0.1) is 5.10 Å². The van der Waals surface area contributed by atoms with Crippen LogP contribution in [0.3, 0.4) is 0 Å². The van der Waals surface area contributed by atoms with Gasteiger partial charge in [0.15, 0.2) is 6.61 Å². The zero-order valence-corrected chi connectivity index (χ0v) is 19.0. The quantitative estimate of drug-likeness (QED) is 0.401. The van der Waals surface area contributed by atoms with Crippen molar-refractivity contribution in [2.24, 2.45) is 0 Å². The van der Waals surface area contributed by atoms with Crippen LogP contribution in [0.15, 0.2) is 42.9 Å². The molecule has 188 valence electrons. The molecule has 0 spiro atoms. The molecule has 1 aliphatic heterocycles. The number of hydrogen-bond donors (Lipinski definition) is 1. The number of benzene rings is 1. The van der Waals surface area contributed by atoms with Crippen LogP contribution < -0.4 is 10.1 Å². The van der Waals surface area contributed by atoms with E-state index in [0.717, 1.165) is 4.90 Å². The summed E-state index contributed by atoms with van der Waals surface area (Å²) in [6, 6.07) is 5.68. The molecule has 4 heterocycles. The summed E-state index contributed by atoms with van der Waals surface area (Å²) >= 11 is 0. The predicted octanol–water partition coefficient (Wildman–Crippen LogP) is 3.65. The minimum atomic E-state index is -3.25. The smallest absolute Gasteiger partial charge is 0.285 e. The molecule has 1 unspecified atom stereocenters. The van der Waals surface area contributed by atoms with Gasteiger partial charge in [-0.2, -0.15) is 4.98 Å². The van der Waals surface area contributed by atoms with Crippen LogP contribution in [0.1, 0.15) is 13.3 Å². The first kappa shape index (κ1) is 23.7. The Balaban J connectivity index is 1.52. The van der Waals surface area contributed by atoms with Gasteiger partial charge in [-0.3, -0.25) is 14.8 Å². The van der Waals surface area contributed by atoms with Gasteiger partial charge in [0.2, 0.25) is 17.7 Å². The van der Waals surface area contributed by atoms with Crippen molar-refractivity contribution < 1.29 is 27.1 Å². The first-order chi connectivity index (χ1) is 17.2. The fraction of sp³-hybridized carbons (Fsp3) is 0.348. The van der Waals surface area contributed by atoms with Gasteiger partial charge < -0.3 is 15.0 Å². The Bertz CT molecular complexity index is 1430. The van der Waals surface area contributed by atoms with Crippen LogP contribution >= 0.6 is 0 Å². The zero-order chi connectivity index (χ0) is 25.4. The van der Waals surface area contributed by atoms with Crippen molar-refractivity contribution in [1.82, 2.24) is 29.5 Å². The molecule has 9 nitrogen and oxygen atoms in total. The number of aromatic nitrogens is 5. The Morgan fingerprint density at radius 2 is 2.00 bits per heavy atom. The van der Waals surface area contributed by atoms with Crippen molar-refractivity contribution in [3.8, 4) is 17.0 Å². The molecule has 1 saturated heterocycles. The number of fused-ring (bicyclic) bond motifs is 2. The lowest BCUT2D eigenvalue weighted by atomic mass is 10.0.